The van der Waals surface area contributed by atoms with Crippen molar-refractivity contribution in [2.45, 2.75) is 0 Å². The monoisotopic (exact) mass is 428 g/mol. The van der Waals surface area contributed by atoms with Gasteiger partial charge in [0.05, 0.1) is 14.3 Å². The topological polar surface area (TPSA) is 39.4 Å². The number of hydrogen-bond donors (Lipinski definition) is 0. The molecule has 0 amide bonds. The average molecular weight is 428 g/mol. The zero-order valence-corrected chi connectivity index (χ0v) is 12.0. The maximum Gasteiger partial charge on any atom is 0.349 e. The van der Waals surface area contributed by atoms with Crippen LogP contribution < -0.4 is 10.4 Å². The van der Waals surface area contributed by atoms with Gasteiger partial charge in [-0.3, -0.25) is 0 Å². The molecule has 0 fully saturated rings. The molecule has 0 atom stereocenters. The van der Waals surface area contributed by atoms with E-state index >= 15 is 0 Å². The number of halogens is 2. The summed E-state index contributed by atoms with van der Waals surface area (Å²) in [5.74, 6) is 0.715. The fourth-order valence-corrected chi connectivity index (χ4v) is 2.41. The van der Waals surface area contributed by atoms with Gasteiger partial charge in [0.25, 0.3) is 0 Å². The van der Waals surface area contributed by atoms with Crippen molar-refractivity contribution in [1.29, 1.82) is 0 Å². The van der Waals surface area contributed by atoms with E-state index in [9.17, 15) is 4.79 Å². The molecule has 0 saturated carbocycles. The van der Waals surface area contributed by atoms with E-state index in [0.717, 1.165) is 8.96 Å². The van der Waals surface area contributed by atoms with Crippen LogP contribution in [0.4, 0.5) is 0 Å². The number of rotatable bonds is 1. The summed E-state index contributed by atoms with van der Waals surface area (Å²) in [7, 11) is 1.59. The Balaban J connectivity index is 2.82. The van der Waals surface area contributed by atoms with E-state index in [1.165, 1.54) is 0 Å². The van der Waals surface area contributed by atoms with E-state index in [1.807, 2.05) is 34.7 Å². The summed E-state index contributed by atoms with van der Waals surface area (Å²) in [4.78, 5) is 11.3. The SMILES string of the molecule is COc1cc2oc(=O)c(I)cc2cc1I. The molecule has 1 heterocycles. The number of benzene rings is 1. The third-order valence-corrected chi connectivity index (χ3v) is 3.56. The average Bonchev–Trinajstić information content (AvgIpc) is 2.20. The maximum absolute atomic E-state index is 11.3. The predicted octanol–water partition coefficient (Wildman–Crippen LogP) is 3.01. The molecular formula is C10H6I2O3. The van der Waals surface area contributed by atoms with Crippen LogP contribution in [-0.2, 0) is 0 Å². The first-order valence-electron chi connectivity index (χ1n) is 4.08. The van der Waals surface area contributed by atoms with Gasteiger partial charge in [0.15, 0.2) is 0 Å². The van der Waals surface area contributed by atoms with Crippen molar-refractivity contribution in [1.82, 2.24) is 0 Å². The van der Waals surface area contributed by atoms with Crippen LogP contribution in [0.1, 0.15) is 0 Å². The molecule has 1 aromatic carbocycles. The lowest BCUT2D eigenvalue weighted by Crippen LogP contribution is -2.02. The summed E-state index contributed by atoms with van der Waals surface area (Å²) < 4.78 is 11.9. The minimum Gasteiger partial charge on any atom is -0.496 e. The molecule has 1 aromatic heterocycles. The highest BCUT2D eigenvalue weighted by Gasteiger charge is 2.07. The Bertz CT molecular complexity index is 575. The third-order valence-electron chi connectivity index (χ3n) is 1.96. The van der Waals surface area contributed by atoms with Crippen molar-refractivity contribution < 1.29 is 9.15 Å². The summed E-state index contributed by atoms with van der Waals surface area (Å²) in [5, 5.41) is 0.907. The van der Waals surface area contributed by atoms with Crippen molar-refractivity contribution in [2.24, 2.45) is 0 Å². The quantitative estimate of drug-likeness (QED) is 0.518. The highest BCUT2D eigenvalue weighted by molar-refractivity contribution is 14.1. The lowest BCUT2D eigenvalue weighted by molar-refractivity contribution is 0.411. The van der Waals surface area contributed by atoms with E-state index in [0.29, 0.717) is 14.9 Å². The Labute approximate surface area is 113 Å². The Kier molecular flexibility index (Phi) is 3.19. The summed E-state index contributed by atoms with van der Waals surface area (Å²) in [6.45, 7) is 0. The van der Waals surface area contributed by atoms with E-state index in [-0.39, 0.29) is 5.63 Å². The van der Waals surface area contributed by atoms with E-state index < -0.39 is 0 Å². The molecule has 0 aliphatic heterocycles. The first-order valence-corrected chi connectivity index (χ1v) is 6.24. The second-order valence-corrected chi connectivity index (χ2v) is 5.23. The van der Waals surface area contributed by atoms with Crippen LogP contribution in [0.3, 0.4) is 0 Å². The number of hydrogen-bond acceptors (Lipinski definition) is 3. The van der Waals surface area contributed by atoms with Crippen molar-refractivity contribution in [3.8, 4) is 5.75 Å². The molecule has 0 spiro atoms. The highest BCUT2D eigenvalue weighted by Crippen LogP contribution is 2.26. The van der Waals surface area contributed by atoms with E-state index in [1.54, 1.807) is 13.2 Å². The van der Waals surface area contributed by atoms with Crippen molar-refractivity contribution >= 4 is 56.2 Å². The highest BCUT2D eigenvalue weighted by atomic mass is 127. The maximum atomic E-state index is 11.3. The van der Waals surface area contributed by atoms with Crippen LogP contribution >= 0.6 is 45.2 Å². The van der Waals surface area contributed by atoms with Gasteiger partial charge in [0.2, 0.25) is 0 Å². The molecule has 0 N–H and O–H groups in total. The molecule has 78 valence electrons. The van der Waals surface area contributed by atoms with Crippen LogP contribution in [0, 0.1) is 7.14 Å². The van der Waals surface area contributed by atoms with Crippen LogP contribution in [0.2, 0.25) is 0 Å². The van der Waals surface area contributed by atoms with E-state index in [4.69, 9.17) is 9.15 Å². The Morgan fingerprint density at radius 2 is 1.87 bits per heavy atom. The van der Waals surface area contributed by atoms with Crippen LogP contribution in [0.15, 0.2) is 27.4 Å². The van der Waals surface area contributed by atoms with Gasteiger partial charge in [0.1, 0.15) is 11.3 Å². The Morgan fingerprint density at radius 1 is 1.20 bits per heavy atom. The lowest BCUT2D eigenvalue weighted by atomic mass is 10.2. The summed E-state index contributed by atoms with van der Waals surface area (Å²) in [6.07, 6.45) is 0. The van der Waals surface area contributed by atoms with E-state index in [2.05, 4.69) is 22.6 Å². The van der Waals surface area contributed by atoms with Gasteiger partial charge in [-0.1, -0.05) is 0 Å². The second-order valence-electron chi connectivity index (χ2n) is 2.91. The van der Waals surface area contributed by atoms with Crippen molar-refractivity contribution in [3.63, 3.8) is 0 Å². The third kappa shape index (κ3) is 2.12. The number of methoxy groups -OCH3 is 1. The van der Waals surface area contributed by atoms with Gasteiger partial charge in [-0.25, -0.2) is 4.79 Å². The number of ether oxygens (including phenoxy) is 1. The summed E-state index contributed by atoms with van der Waals surface area (Å²) >= 11 is 4.14. The second kappa shape index (κ2) is 4.28. The standard InChI is InChI=1S/C10H6I2O3/c1-14-9-4-8-5(2-6(9)11)3-7(12)10(13)15-8/h2-4H,1H3. The van der Waals surface area contributed by atoms with Crippen LogP contribution in [0.25, 0.3) is 11.0 Å². The lowest BCUT2D eigenvalue weighted by Gasteiger charge is -2.04. The molecule has 15 heavy (non-hydrogen) atoms. The molecule has 5 heteroatoms. The minimum atomic E-state index is -0.314. The molecule has 0 radical (unpaired) electrons. The summed E-state index contributed by atoms with van der Waals surface area (Å²) in [5.41, 5.74) is 0.240. The number of fused-ring (bicyclic) bond motifs is 1. The van der Waals surface area contributed by atoms with Crippen LogP contribution in [-0.4, -0.2) is 7.11 Å². The van der Waals surface area contributed by atoms with Gasteiger partial charge in [-0.15, -0.1) is 0 Å². The molecule has 2 aromatic rings. The fraction of sp³-hybridized carbons (Fsp3) is 0.100. The van der Waals surface area contributed by atoms with Gasteiger partial charge >= 0.3 is 5.63 Å². The molecule has 0 aliphatic carbocycles. The van der Waals surface area contributed by atoms with Gasteiger partial charge in [-0.05, 0) is 57.3 Å². The molecule has 3 nitrogen and oxygen atoms in total. The fourth-order valence-electron chi connectivity index (χ4n) is 1.25. The molecule has 0 unspecified atom stereocenters. The molecule has 0 aliphatic rings. The zero-order valence-electron chi connectivity index (χ0n) is 7.71. The molecule has 0 bridgehead atoms. The minimum absolute atomic E-state index is 0.314. The Hall–Kier alpha value is -0.310. The van der Waals surface area contributed by atoms with Crippen molar-refractivity contribution in [2.75, 3.05) is 7.11 Å². The largest absolute Gasteiger partial charge is 0.496 e. The van der Waals surface area contributed by atoms with Crippen molar-refractivity contribution in [3.05, 3.63) is 35.8 Å². The van der Waals surface area contributed by atoms with Gasteiger partial charge in [0, 0.05) is 11.5 Å². The summed E-state index contributed by atoms with van der Waals surface area (Å²) in [6, 6.07) is 5.47. The predicted molar refractivity (Wildman–Crippen MR) is 74.5 cm³/mol. The van der Waals surface area contributed by atoms with Crippen LogP contribution in [0.5, 0.6) is 5.75 Å². The molecule has 2 rings (SSSR count). The van der Waals surface area contributed by atoms with Gasteiger partial charge < -0.3 is 9.15 Å². The molecule has 0 saturated heterocycles. The molecular weight excluding hydrogens is 422 g/mol. The Morgan fingerprint density at radius 3 is 2.53 bits per heavy atom. The zero-order chi connectivity index (χ0) is 11.0. The first kappa shape index (κ1) is 11.2. The normalized spacial score (nSPS) is 10.6. The smallest absolute Gasteiger partial charge is 0.349 e. The first-order chi connectivity index (χ1) is 7.11. The van der Waals surface area contributed by atoms with Gasteiger partial charge in [-0.2, -0.15) is 0 Å².